The second-order valence-corrected chi connectivity index (χ2v) is 3.50. The van der Waals surface area contributed by atoms with Gasteiger partial charge in [0.25, 0.3) is 6.47 Å². The van der Waals surface area contributed by atoms with E-state index < -0.39 is 0 Å². The number of anilines is 1. The molecule has 0 fully saturated rings. The minimum Gasteiger partial charge on any atom is -0.857 e. The molecule has 0 aliphatic rings. The van der Waals surface area contributed by atoms with E-state index in [0.717, 1.165) is 26.2 Å². The molecule has 2 aromatic rings. The summed E-state index contributed by atoms with van der Waals surface area (Å²) in [6.07, 6.45) is 4.61. The van der Waals surface area contributed by atoms with E-state index in [2.05, 4.69) is 14.7 Å². The van der Waals surface area contributed by atoms with Crippen molar-refractivity contribution >= 4 is 18.6 Å². The Bertz CT molecular complexity index is 490. The Labute approximate surface area is 176 Å². The Kier molecular flexibility index (Phi) is 38.0. The van der Waals surface area contributed by atoms with Gasteiger partial charge in [0.05, 0.1) is 6.61 Å². The molecule has 3 N–H and O–H groups in total. The summed E-state index contributed by atoms with van der Waals surface area (Å²) in [5.41, 5.74) is 6.07. The number of hydrogen-bond acceptors (Lipinski definition) is 8. The summed E-state index contributed by atoms with van der Waals surface area (Å²) in [6.45, 7) is 2.66. The van der Waals surface area contributed by atoms with Crippen molar-refractivity contribution in [3.8, 4) is 0 Å². The minimum atomic E-state index is 0. The van der Waals surface area contributed by atoms with Crippen LogP contribution in [0.5, 0.6) is 0 Å². The zero-order chi connectivity index (χ0) is 19.8. The van der Waals surface area contributed by atoms with Gasteiger partial charge in [-0.15, -0.1) is 0 Å². The average Bonchev–Trinajstić information content (AvgIpc) is 2.68. The van der Waals surface area contributed by atoms with Gasteiger partial charge in [0, 0.05) is 31.6 Å². The summed E-state index contributed by atoms with van der Waals surface area (Å²) in [7, 11) is 1.75. The maximum Gasteiger partial charge on any atom is 1.00 e. The van der Waals surface area contributed by atoms with Crippen molar-refractivity contribution in [1.29, 1.82) is 0 Å². The number of pyridine rings is 2. The fourth-order valence-electron chi connectivity index (χ4n) is 1.05. The van der Waals surface area contributed by atoms with E-state index in [1.807, 2.05) is 30.3 Å². The Morgan fingerprint density at radius 2 is 1.62 bits per heavy atom. The number of carbonyl (C=O) groups excluding carboxylic acids is 2. The van der Waals surface area contributed by atoms with E-state index in [9.17, 15) is 9.59 Å². The fraction of sp³-hybridized carbons (Fsp3) is 0.294. The van der Waals surface area contributed by atoms with Gasteiger partial charge in [-0.25, -0.2) is 4.98 Å². The smallest absolute Gasteiger partial charge is 0.857 e. The van der Waals surface area contributed by atoms with Crippen LogP contribution in [-0.2, 0) is 20.7 Å². The van der Waals surface area contributed by atoms with Gasteiger partial charge in [-0.1, -0.05) is 12.1 Å². The first kappa shape index (κ1) is 31.9. The molecule has 0 unspecified atom stereocenters. The Balaban J connectivity index is -0.000000129. The maximum absolute atomic E-state index is 9.93. The summed E-state index contributed by atoms with van der Waals surface area (Å²) < 4.78 is 4.15. The number of hydrogen-bond donors (Lipinski definition) is 2. The summed E-state index contributed by atoms with van der Waals surface area (Å²) in [4.78, 5) is 26.8. The number of nitrogens with zero attached hydrogens (tertiary/aromatic N) is 2. The van der Waals surface area contributed by atoms with E-state index in [1.54, 1.807) is 25.4 Å². The molecular weight excluding hydrogens is 349 g/mol. The summed E-state index contributed by atoms with van der Waals surface area (Å²) >= 11 is 0. The van der Waals surface area contributed by atoms with E-state index in [4.69, 9.17) is 15.9 Å². The number of aromatic nitrogens is 2. The van der Waals surface area contributed by atoms with Crippen LogP contribution in [0.25, 0.3) is 0 Å². The molecule has 8 nitrogen and oxygen atoms in total. The van der Waals surface area contributed by atoms with Gasteiger partial charge in [-0.3, -0.25) is 9.78 Å². The monoisotopic (exact) mass is 375 g/mol. The van der Waals surface area contributed by atoms with Crippen molar-refractivity contribution in [2.45, 2.75) is 13.3 Å². The predicted octanol–water partition coefficient (Wildman–Crippen LogP) is -2.74. The number of carbonyl (C=O) groups is 2. The fourth-order valence-corrected chi connectivity index (χ4v) is 1.05. The number of aliphatic hydroxyl groups is 1. The Morgan fingerprint density at radius 3 is 1.85 bits per heavy atom. The van der Waals surface area contributed by atoms with Crippen molar-refractivity contribution in [2.24, 2.45) is 0 Å². The van der Waals surface area contributed by atoms with Crippen LogP contribution in [0.3, 0.4) is 0 Å². The summed E-state index contributed by atoms with van der Waals surface area (Å²) in [6, 6.07) is 11.0. The third-order valence-electron chi connectivity index (χ3n) is 1.94. The SMILES string of the molecule is CCOC=O.CO.C[O-].Nc1ccccn1.O=CCc1ccccn1.[Na+]. The van der Waals surface area contributed by atoms with Gasteiger partial charge >= 0.3 is 29.6 Å². The molecule has 26 heavy (non-hydrogen) atoms. The van der Waals surface area contributed by atoms with Gasteiger partial charge in [-0.2, -0.15) is 7.11 Å². The zero-order valence-electron chi connectivity index (χ0n) is 15.7. The molecule has 0 atom stereocenters. The van der Waals surface area contributed by atoms with Gasteiger partial charge in [0.1, 0.15) is 12.1 Å². The maximum atomic E-state index is 9.93. The van der Waals surface area contributed by atoms with E-state index in [-0.39, 0.29) is 29.6 Å². The number of rotatable bonds is 4. The average molecular weight is 375 g/mol. The van der Waals surface area contributed by atoms with Crippen LogP contribution >= 0.6 is 0 Å². The summed E-state index contributed by atoms with van der Waals surface area (Å²) in [5, 5.41) is 15.2. The normalized spacial score (nSPS) is 7.12. The molecule has 0 aliphatic carbocycles. The van der Waals surface area contributed by atoms with E-state index >= 15 is 0 Å². The van der Waals surface area contributed by atoms with Crippen LogP contribution in [-0.4, -0.2) is 48.7 Å². The molecule has 0 saturated carbocycles. The van der Waals surface area contributed by atoms with Crippen molar-refractivity contribution in [1.82, 2.24) is 9.97 Å². The first-order valence-corrected chi connectivity index (χ1v) is 7.15. The minimum absolute atomic E-state index is 0. The molecule has 2 rings (SSSR count). The molecule has 2 heterocycles. The first-order valence-electron chi connectivity index (χ1n) is 7.15. The second-order valence-electron chi connectivity index (χ2n) is 3.50. The zero-order valence-corrected chi connectivity index (χ0v) is 17.7. The standard InChI is InChI=1S/C7H7NO.C5H6N2.C3H6O2.CH4O.CH3O.Na/c9-6-4-7-3-1-2-5-8-7;6-5-3-1-2-4-7-5;1-2-5-3-4;2*1-2;/h1-3,5-6H,4H2;1-4H,(H2,6,7);3H,2H2,1H3;2H,1H3;1H3;/q;;;;-1;+1. The second kappa shape index (κ2) is 31.0. The quantitative estimate of drug-likeness (QED) is 0.433. The number of nitrogens with two attached hydrogens (primary N) is 1. The third kappa shape index (κ3) is 27.0. The van der Waals surface area contributed by atoms with Gasteiger partial charge in [0.15, 0.2) is 0 Å². The van der Waals surface area contributed by atoms with Crippen LogP contribution in [0.1, 0.15) is 12.6 Å². The van der Waals surface area contributed by atoms with Crippen LogP contribution in [0.2, 0.25) is 0 Å². The number of ether oxygens (including phenoxy) is 1. The Hall–Kier alpha value is -1.84. The molecule has 0 aromatic carbocycles. The van der Waals surface area contributed by atoms with Crippen LogP contribution in [0.15, 0.2) is 48.8 Å². The van der Waals surface area contributed by atoms with Crippen molar-refractivity contribution in [3.05, 3.63) is 54.5 Å². The number of aldehydes is 1. The van der Waals surface area contributed by atoms with E-state index in [0.29, 0.717) is 25.3 Å². The first-order chi connectivity index (χ1) is 12.2. The van der Waals surface area contributed by atoms with Crippen LogP contribution in [0.4, 0.5) is 5.82 Å². The molecule has 0 spiro atoms. The van der Waals surface area contributed by atoms with Crippen molar-refractivity contribution in [2.75, 3.05) is 26.6 Å². The molecule has 0 amide bonds. The molecule has 0 radical (unpaired) electrons. The largest absolute Gasteiger partial charge is 1.00 e. The molecule has 9 heteroatoms. The summed E-state index contributed by atoms with van der Waals surface area (Å²) in [5.74, 6) is 0.572. The number of nitrogen functional groups attached to an aromatic ring is 1. The predicted molar refractivity (Wildman–Crippen MR) is 94.4 cm³/mol. The molecular formula is C17H26N3NaO5. The van der Waals surface area contributed by atoms with Crippen molar-refractivity contribution < 1.29 is 54.1 Å². The third-order valence-corrected chi connectivity index (χ3v) is 1.94. The van der Waals surface area contributed by atoms with Gasteiger partial charge in [-0.05, 0) is 31.2 Å². The molecule has 0 bridgehead atoms. The van der Waals surface area contributed by atoms with Crippen molar-refractivity contribution in [3.63, 3.8) is 0 Å². The molecule has 0 aliphatic heterocycles. The van der Waals surface area contributed by atoms with Crippen LogP contribution < -0.4 is 40.4 Å². The van der Waals surface area contributed by atoms with E-state index in [1.165, 1.54) is 0 Å². The molecule has 2 aromatic heterocycles. The molecule has 0 saturated heterocycles. The van der Waals surface area contributed by atoms with Gasteiger partial charge < -0.3 is 25.5 Å². The topological polar surface area (TPSA) is 138 Å². The molecule has 140 valence electrons. The van der Waals surface area contributed by atoms with Gasteiger partial charge in [0.2, 0.25) is 0 Å². The van der Waals surface area contributed by atoms with Crippen LogP contribution in [0, 0.1) is 0 Å². The Morgan fingerprint density at radius 1 is 1.08 bits per heavy atom. The number of aliphatic hydroxyl groups excluding tert-OH is 1.